The Balaban J connectivity index is 1.82. The summed E-state index contributed by atoms with van der Waals surface area (Å²) >= 11 is 0. The van der Waals surface area contributed by atoms with E-state index in [1.807, 2.05) is 6.07 Å². The second-order valence-electron chi connectivity index (χ2n) is 5.25. The minimum Gasteiger partial charge on any atom is -0.508 e. The van der Waals surface area contributed by atoms with Crippen LogP contribution in [0.3, 0.4) is 0 Å². The molecule has 0 spiro atoms. The van der Waals surface area contributed by atoms with E-state index in [-0.39, 0.29) is 5.75 Å². The van der Waals surface area contributed by atoms with E-state index in [0.29, 0.717) is 6.61 Å². The summed E-state index contributed by atoms with van der Waals surface area (Å²) in [5, 5.41) is 9.53. The number of ether oxygens (including phenoxy) is 1. The Kier molecular flexibility index (Phi) is 5.52. The summed E-state index contributed by atoms with van der Waals surface area (Å²) in [6.45, 7) is 6.19. The van der Waals surface area contributed by atoms with Crippen molar-refractivity contribution in [3.05, 3.63) is 23.8 Å². The zero-order valence-electron chi connectivity index (χ0n) is 11.9. The number of hydrogen-bond donors (Lipinski definition) is 1. The second-order valence-corrected chi connectivity index (χ2v) is 5.25. The third-order valence-electron chi connectivity index (χ3n) is 3.80. The van der Waals surface area contributed by atoms with E-state index < -0.39 is 0 Å². The first-order chi connectivity index (χ1) is 9.29. The molecule has 0 aromatic heterocycles. The fraction of sp³-hybridized carbons (Fsp3) is 0.625. The molecule has 0 unspecified atom stereocenters. The number of aryl methyl sites for hydroxylation is 1. The van der Waals surface area contributed by atoms with Gasteiger partial charge in [0.1, 0.15) is 18.1 Å². The first-order valence-electron chi connectivity index (χ1n) is 7.46. The van der Waals surface area contributed by atoms with Crippen molar-refractivity contribution >= 4 is 0 Å². The molecule has 0 bridgehead atoms. The number of aromatic hydroxyl groups is 1. The van der Waals surface area contributed by atoms with Gasteiger partial charge >= 0.3 is 0 Å². The molecule has 1 aromatic rings. The summed E-state index contributed by atoms with van der Waals surface area (Å²) in [6, 6.07) is 5.39. The number of rotatable bonds is 5. The maximum absolute atomic E-state index is 9.53. The summed E-state index contributed by atoms with van der Waals surface area (Å²) in [5.41, 5.74) is 1.16. The van der Waals surface area contributed by atoms with Gasteiger partial charge in [-0.15, -0.1) is 0 Å². The van der Waals surface area contributed by atoms with Gasteiger partial charge in [-0.3, -0.25) is 4.90 Å². The molecular formula is C16H25NO2. The standard InChI is InChI=1S/C16H25NO2/c1-2-14-7-8-15(18)13-16(14)19-12-11-17-9-5-3-4-6-10-17/h7-8,13,18H,2-6,9-12H2,1H3. The van der Waals surface area contributed by atoms with Crippen molar-refractivity contribution in [1.82, 2.24) is 4.90 Å². The number of phenolic OH excluding ortho intramolecular Hbond substituents is 1. The molecule has 106 valence electrons. The average Bonchev–Trinajstić information content (AvgIpc) is 2.68. The number of nitrogens with zero attached hydrogens (tertiary/aromatic N) is 1. The number of likely N-dealkylation sites (tertiary alicyclic amines) is 1. The van der Waals surface area contributed by atoms with Crippen LogP contribution < -0.4 is 4.74 Å². The molecule has 2 rings (SSSR count). The molecule has 3 heteroatoms. The van der Waals surface area contributed by atoms with Gasteiger partial charge in [-0.1, -0.05) is 25.8 Å². The molecule has 1 aliphatic rings. The number of benzene rings is 1. The van der Waals surface area contributed by atoms with E-state index in [4.69, 9.17) is 4.74 Å². The Hall–Kier alpha value is -1.22. The fourth-order valence-electron chi connectivity index (χ4n) is 2.61. The van der Waals surface area contributed by atoms with Crippen LogP contribution in [0.5, 0.6) is 11.5 Å². The van der Waals surface area contributed by atoms with Gasteiger partial charge in [0, 0.05) is 12.6 Å². The molecule has 0 radical (unpaired) electrons. The lowest BCUT2D eigenvalue weighted by atomic mass is 10.1. The molecule has 0 atom stereocenters. The van der Waals surface area contributed by atoms with Gasteiger partial charge in [-0.05, 0) is 44.0 Å². The molecule has 1 fully saturated rings. The monoisotopic (exact) mass is 263 g/mol. The van der Waals surface area contributed by atoms with Crippen LogP contribution in [0.25, 0.3) is 0 Å². The fourth-order valence-corrected chi connectivity index (χ4v) is 2.61. The lowest BCUT2D eigenvalue weighted by molar-refractivity contribution is 0.212. The topological polar surface area (TPSA) is 32.7 Å². The smallest absolute Gasteiger partial charge is 0.126 e. The van der Waals surface area contributed by atoms with E-state index in [0.717, 1.165) is 24.3 Å². The van der Waals surface area contributed by atoms with Crippen molar-refractivity contribution in [2.45, 2.75) is 39.0 Å². The van der Waals surface area contributed by atoms with Crippen molar-refractivity contribution in [2.24, 2.45) is 0 Å². The van der Waals surface area contributed by atoms with Gasteiger partial charge in [-0.25, -0.2) is 0 Å². The van der Waals surface area contributed by atoms with Gasteiger partial charge in [0.05, 0.1) is 0 Å². The third-order valence-corrected chi connectivity index (χ3v) is 3.80. The summed E-state index contributed by atoms with van der Waals surface area (Å²) in [6.07, 6.45) is 6.28. The van der Waals surface area contributed by atoms with Crippen molar-refractivity contribution in [1.29, 1.82) is 0 Å². The highest BCUT2D eigenvalue weighted by Gasteiger charge is 2.09. The maximum Gasteiger partial charge on any atom is 0.126 e. The van der Waals surface area contributed by atoms with Crippen LogP contribution >= 0.6 is 0 Å². The van der Waals surface area contributed by atoms with E-state index in [9.17, 15) is 5.11 Å². The molecule has 0 amide bonds. The molecule has 1 heterocycles. The van der Waals surface area contributed by atoms with Crippen LogP contribution in [0.4, 0.5) is 0 Å². The molecule has 19 heavy (non-hydrogen) atoms. The quantitative estimate of drug-likeness (QED) is 0.885. The molecule has 1 aliphatic heterocycles. The minimum absolute atomic E-state index is 0.280. The van der Waals surface area contributed by atoms with Crippen molar-refractivity contribution in [2.75, 3.05) is 26.2 Å². The number of hydrogen-bond acceptors (Lipinski definition) is 3. The van der Waals surface area contributed by atoms with Gasteiger partial charge < -0.3 is 9.84 Å². The van der Waals surface area contributed by atoms with E-state index >= 15 is 0 Å². The van der Waals surface area contributed by atoms with Crippen molar-refractivity contribution < 1.29 is 9.84 Å². The van der Waals surface area contributed by atoms with Crippen LogP contribution in [-0.2, 0) is 6.42 Å². The van der Waals surface area contributed by atoms with Crippen molar-refractivity contribution in [3.63, 3.8) is 0 Å². The molecule has 1 aromatic carbocycles. The largest absolute Gasteiger partial charge is 0.508 e. The first kappa shape index (κ1) is 14.2. The molecule has 0 aliphatic carbocycles. The van der Waals surface area contributed by atoms with Gasteiger partial charge in [0.15, 0.2) is 0 Å². The lowest BCUT2D eigenvalue weighted by Gasteiger charge is -2.20. The molecular weight excluding hydrogens is 238 g/mol. The molecule has 0 saturated carbocycles. The minimum atomic E-state index is 0.280. The highest BCUT2D eigenvalue weighted by atomic mass is 16.5. The Labute approximate surface area is 116 Å². The van der Waals surface area contributed by atoms with E-state index in [2.05, 4.69) is 11.8 Å². The summed E-state index contributed by atoms with van der Waals surface area (Å²) < 4.78 is 5.85. The molecule has 3 nitrogen and oxygen atoms in total. The van der Waals surface area contributed by atoms with Crippen LogP contribution in [0.1, 0.15) is 38.2 Å². The first-order valence-corrected chi connectivity index (χ1v) is 7.46. The number of phenols is 1. The van der Waals surface area contributed by atoms with Crippen molar-refractivity contribution in [3.8, 4) is 11.5 Å². The van der Waals surface area contributed by atoms with Crippen LogP contribution in [0, 0.1) is 0 Å². The summed E-state index contributed by atoms with van der Waals surface area (Å²) in [4.78, 5) is 2.49. The normalized spacial score (nSPS) is 17.1. The SMILES string of the molecule is CCc1ccc(O)cc1OCCN1CCCCCC1. The third kappa shape index (κ3) is 4.43. The Morgan fingerprint density at radius 3 is 2.58 bits per heavy atom. The predicted octanol–water partition coefficient (Wildman–Crippen LogP) is 3.21. The average molecular weight is 263 g/mol. The van der Waals surface area contributed by atoms with E-state index in [1.54, 1.807) is 12.1 Å². The van der Waals surface area contributed by atoms with Gasteiger partial charge in [0.25, 0.3) is 0 Å². The van der Waals surface area contributed by atoms with Gasteiger partial charge in [0.2, 0.25) is 0 Å². The Morgan fingerprint density at radius 2 is 1.89 bits per heavy atom. The highest BCUT2D eigenvalue weighted by molar-refractivity contribution is 5.40. The van der Waals surface area contributed by atoms with Crippen LogP contribution in [0.2, 0.25) is 0 Å². The lowest BCUT2D eigenvalue weighted by Crippen LogP contribution is -2.29. The maximum atomic E-state index is 9.53. The summed E-state index contributed by atoms with van der Waals surface area (Å²) in [5.74, 6) is 1.11. The van der Waals surface area contributed by atoms with Crippen LogP contribution in [-0.4, -0.2) is 36.2 Å². The van der Waals surface area contributed by atoms with E-state index in [1.165, 1.54) is 38.8 Å². The zero-order chi connectivity index (χ0) is 13.5. The molecule has 1 N–H and O–H groups in total. The zero-order valence-corrected chi connectivity index (χ0v) is 11.9. The Morgan fingerprint density at radius 1 is 1.16 bits per heavy atom. The predicted molar refractivity (Wildman–Crippen MR) is 77.9 cm³/mol. The van der Waals surface area contributed by atoms with Gasteiger partial charge in [-0.2, -0.15) is 0 Å². The Bertz CT molecular complexity index is 384. The second kappa shape index (κ2) is 7.39. The van der Waals surface area contributed by atoms with Crippen LogP contribution in [0.15, 0.2) is 18.2 Å². The molecule has 1 saturated heterocycles. The highest BCUT2D eigenvalue weighted by Crippen LogP contribution is 2.24. The summed E-state index contributed by atoms with van der Waals surface area (Å²) in [7, 11) is 0.